The van der Waals surface area contributed by atoms with Gasteiger partial charge in [0.05, 0.1) is 5.69 Å². The summed E-state index contributed by atoms with van der Waals surface area (Å²) in [6.07, 6.45) is 1.00. The van der Waals surface area contributed by atoms with Crippen molar-refractivity contribution in [2.45, 2.75) is 27.0 Å². The number of fused-ring (bicyclic) bond motifs is 1. The summed E-state index contributed by atoms with van der Waals surface area (Å²) < 4.78 is 7.09. The number of nitrogens with two attached hydrogens (primary N) is 1. The Labute approximate surface area is 157 Å². The number of pyridine rings is 1. The largest absolute Gasteiger partial charge is 0.504 e. The molecule has 0 aromatic heterocycles. The Bertz CT molecular complexity index is 993. The molecule has 0 unspecified atom stereocenters. The molecule has 2 aliphatic rings. The van der Waals surface area contributed by atoms with Crippen LogP contribution >= 0.6 is 0 Å². The summed E-state index contributed by atoms with van der Waals surface area (Å²) in [5.41, 5.74) is 8.56. The van der Waals surface area contributed by atoms with E-state index in [1.165, 1.54) is 12.1 Å². The van der Waals surface area contributed by atoms with E-state index in [0.29, 0.717) is 18.0 Å². The number of amides is 1. The number of benzene rings is 2. The number of carbonyl (C=O) groups is 1. The van der Waals surface area contributed by atoms with Crippen LogP contribution in [0.1, 0.15) is 19.5 Å². The zero-order valence-corrected chi connectivity index (χ0v) is 15.3. The van der Waals surface area contributed by atoms with Crippen molar-refractivity contribution in [1.29, 1.82) is 0 Å². The SMILES string of the molecule is CC(C)Cn1cc2cc(O)c(=O)cc-2c(-c2ccccc2)c1COC(N)=O. The number of aromatic nitrogens is 1. The number of rotatable bonds is 5. The van der Waals surface area contributed by atoms with Crippen LogP contribution in [0.2, 0.25) is 0 Å². The van der Waals surface area contributed by atoms with Crippen molar-refractivity contribution in [2.75, 3.05) is 0 Å². The van der Waals surface area contributed by atoms with E-state index >= 15 is 0 Å². The van der Waals surface area contributed by atoms with Gasteiger partial charge in [-0.05, 0) is 29.2 Å². The summed E-state index contributed by atoms with van der Waals surface area (Å²) in [7, 11) is 0. The summed E-state index contributed by atoms with van der Waals surface area (Å²) >= 11 is 0. The minimum absolute atomic E-state index is 0.0166. The van der Waals surface area contributed by atoms with Crippen LogP contribution in [0.15, 0.2) is 53.5 Å². The van der Waals surface area contributed by atoms with Crippen molar-refractivity contribution in [1.82, 2.24) is 4.57 Å². The summed E-state index contributed by atoms with van der Waals surface area (Å²) in [5.74, 6) is 0.0366. The Morgan fingerprint density at radius 3 is 2.52 bits per heavy atom. The molecule has 0 saturated carbocycles. The zero-order valence-electron chi connectivity index (χ0n) is 15.3. The molecule has 0 saturated heterocycles. The summed E-state index contributed by atoms with van der Waals surface area (Å²) in [4.78, 5) is 23.3. The monoisotopic (exact) mass is 366 g/mol. The molecule has 140 valence electrons. The molecule has 0 spiro atoms. The second kappa shape index (κ2) is 7.53. The van der Waals surface area contributed by atoms with Gasteiger partial charge in [-0.1, -0.05) is 44.2 Å². The number of aromatic hydroxyl groups is 1. The molecule has 1 aliphatic carbocycles. The van der Waals surface area contributed by atoms with Crippen LogP contribution in [0.25, 0.3) is 22.3 Å². The van der Waals surface area contributed by atoms with E-state index in [1.807, 2.05) is 41.1 Å². The van der Waals surface area contributed by atoms with Crippen molar-refractivity contribution in [2.24, 2.45) is 11.7 Å². The highest BCUT2D eigenvalue weighted by atomic mass is 16.5. The average molecular weight is 366 g/mol. The Morgan fingerprint density at radius 1 is 1.19 bits per heavy atom. The van der Waals surface area contributed by atoms with Crippen molar-refractivity contribution < 1.29 is 14.6 Å². The second-order valence-electron chi connectivity index (χ2n) is 6.88. The molecule has 0 radical (unpaired) electrons. The number of nitrogens with zero attached hydrogens (tertiary/aromatic N) is 1. The molecule has 1 aliphatic heterocycles. The first kappa shape index (κ1) is 18.5. The third-order valence-corrected chi connectivity index (χ3v) is 4.31. The summed E-state index contributed by atoms with van der Waals surface area (Å²) in [6, 6.07) is 12.5. The third-order valence-electron chi connectivity index (χ3n) is 4.31. The van der Waals surface area contributed by atoms with Gasteiger partial charge in [-0.15, -0.1) is 0 Å². The number of phenols is 1. The van der Waals surface area contributed by atoms with Gasteiger partial charge < -0.3 is 20.1 Å². The first-order valence-corrected chi connectivity index (χ1v) is 8.73. The molecule has 27 heavy (non-hydrogen) atoms. The maximum atomic E-state index is 12.1. The second-order valence-corrected chi connectivity index (χ2v) is 6.88. The molecule has 3 N–H and O–H groups in total. The van der Waals surface area contributed by atoms with Crippen LogP contribution in [0.5, 0.6) is 5.75 Å². The van der Waals surface area contributed by atoms with E-state index in [1.54, 1.807) is 0 Å². The van der Waals surface area contributed by atoms with Crippen LogP contribution in [-0.2, 0) is 17.9 Å². The molecule has 1 aromatic rings. The lowest BCUT2D eigenvalue weighted by atomic mass is 9.92. The Kier molecular flexibility index (Phi) is 5.16. The van der Waals surface area contributed by atoms with Crippen molar-refractivity contribution in [3.63, 3.8) is 0 Å². The van der Waals surface area contributed by atoms with Crippen LogP contribution in [-0.4, -0.2) is 15.8 Å². The minimum Gasteiger partial charge on any atom is -0.504 e. The number of hydrogen-bond donors (Lipinski definition) is 2. The molecule has 0 fully saturated rings. The molecule has 0 bridgehead atoms. The molecule has 1 aromatic carbocycles. The maximum Gasteiger partial charge on any atom is 0.404 e. The number of primary amides is 1. The maximum absolute atomic E-state index is 12.1. The van der Waals surface area contributed by atoms with Crippen molar-refractivity contribution in [3.8, 4) is 28.0 Å². The molecular weight excluding hydrogens is 344 g/mol. The normalized spacial score (nSPS) is 11.1. The average Bonchev–Trinajstić information content (AvgIpc) is 2.61. The Balaban J connectivity index is 2.37. The predicted molar refractivity (Wildman–Crippen MR) is 104 cm³/mol. The van der Waals surface area contributed by atoms with Gasteiger partial charge >= 0.3 is 6.09 Å². The fourth-order valence-electron chi connectivity index (χ4n) is 3.23. The molecule has 1 amide bonds. The van der Waals surface area contributed by atoms with E-state index < -0.39 is 11.5 Å². The molecule has 6 nitrogen and oxygen atoms in total. The Hall–Kier alpha value is -3.28. The van der Waals surface area contributed by atoms with Gasteiger partial charge in [-0.2, -0.15) is 0 Å². The lowest BCUT2D eigenvalue weighted by molar-refractivity contribution is 0.147. The molecule has 3 rings (SSSR count). The van der Waals surface area contributed by atoms with Gasteiger partial charge in [0.1, 0.15) is 6.61 Å². The third kappa shape index (κ3) is 3.95. The lowest BCUT2D eigenvalue weighted by Gasteiger charge is -2.24. The quantitative estimate of drug-likeness (QED) is 0.721. The van der Waals surface area contributed by atoms with Crippen LogP contribution in [0.3, 0.4) is 0 Å². The number of ether oxygens (including phenoxy) is 1. The van der Waals surface area contributed by atoms with Crippen molar-refractivity contribution >= 4 is 6.09 Å². The fraction of sp³-hybridized carbons (Fsp3) is 0.238. The number of carbonyl (C=O) groups excluding carboxylic acids is 1. The van der Waals surface area contributed by atoms with Crippen molar-refractivity contribution in [3.05, 3.63) is 64.6 Å². The van der Waals surface area contributed by atoms with E-state index in [2.05, 4.69) is 13.8 Å². The minimum atomic E-state index is -0.861. The lowest BCUT2D eigenvalue weighted by Crippen LogP contribution is -2.19. The van der Waals surface area contributed by atoms with Crippen LogP contribution in [0, 0.1) is 5.92 Å². The van der Waals surface area contributed by atoms with E-state index in [0.717, 1.165) is 22.4 Å². The van der Waals surface area contributed by atoms with E-state index in [4.69, 9.17) is 10.5 Å². The number of hydrogen-bond acceptors (Lipinski definition) is 4. The topological polar surface area (TPSA) is 94.6 Å². The summed E-state index contributed by atoms with van der Waals surface area (Å²) in [6.45, 7) is 4.82. The van der Waals surface area contributed by atoms with Gasteiger partial charge in [0.15, 0.2) is 5.75 Å². The van der Waals surface area contributed by atoms with E-state index in [-0.39, 0.29) is 12.4 Å². The van der Waals surface area contributed by atoms with Gasteiger partial charge in [0, 0.05) is 23.9 Å². The van der Waals surface area contributed by atoms with Crippen LogP contribution in [0.4, 0.5) is 4.79 Å². The zero-order chi connectivity index (χ0) is 19.6. The van der Waals surface area contributed by atoms with Gasteiger partial charge in [-0.25, -0.2) is 4.79 Å². The predicted octanol–water partition coefficient (Wildman–Crippen LogP) is 3.58. The fourth-order valence-corrected chi connectivity index (χ4v) is 3.23. The summed E-state index contributed by atoms with van der Waals surface area (Å²) in [5, 5.41) is 9.89. The standard InChI is InChI=1S/C21H22N2O4/c1-13(2)10-23-11-15-8-18(24)19(25)9-16(15)20(14-6-4-3-5-7-14)17(23)12-27-21(22)26/h3-9,11,13,24H,10,12H2,1-2H3,(H2,22,26). The smallest absolute Gasteiger partial charge is 0.404 e. The first-order valence-electron chi connectivity index (χ1n) is 8.73. The molecular formula is C21H22N2O4. The molecule has 1 heterocycles. The van der Waals surface area contributed by atoms with Gasteiger partial charge in [-0.3, -0.25) is 4.79 Å². The Morgan fingerprint density at radius 2 is 1.89 bits per heavy atom. The van der Waals surface area contributed by atoms with E-state index in [9.17, 15) is 14.7 Å². The highest BCUT2D eigenvalue weighted by Gasteiger charge is 2.21. The highest BCUT2D eigenvalue weighted by molar-refractivity contribution is 5.86. The highest BCUT2D eigenvalue weighted by Crippen LogP contribution is 2.37. The molecule has 0 atom stereocenters. The molecule has 6 heteroatoms. The van der Waals surface area contributed by atoms with Crippen LogP contribution < -0.4 is 11.2 Å². The van der Waals surface area contributed by atoms with Gasteiger partial charge in [0.25, 0.3) is 0 Å². The number of phenolic OH excluding ortho intramolecular Hbond substituents is 1. The first-order chi connectivity index (χ1) is 12.9. The van der Waals surface area contributed by atoms with Gasteiger partial charge in [0.2, 0.25) is 5.43 Å².